The number of hydroxylamine groups is 1. The lowest BCUT2D eigenvalue weighted by Crippen LogP contribution is -2.50. The van der Waals surface area contributed by atoms with Crippen LogP contribution in [0.1, 0.15) is 32.3 Å². The van der Waals surface area contributed by atoms with Gasteiger partial charge in [-0.3, -0.25) is 10.0 Å². The summed E-state index contributed by atoms with van der Waals surface area (Å²) in [5.41, 5.74) is 1.09. The zero-order chi connectivity index (χ0) is 25.5. The molecule has 0 bridgehead atoms. The Labute approximate surface area is 212 Å². The van der Waals surface area contributed by atoms with E-state index in [1.165, 1.54) is 0 Å². The lowest BCUT2D eigenvalue weighted by Gasteiger charge is -2.40. The maximum Gasteiger partial charge on any atom is 0.254 e. The predicted octanol–water partition coefficient (Wildman–Crippen LogP) is 5.17. The van der Waals surface area contributed by atoms with E-state index in [4.69, 9.17) is 0 Å². The number of likely N-dealkylation sites (tertiary alicyclic amines) is 1. The first-order valence-corrected chi connectivity index (χ1v) is 14.0. The third kappa shape index (κ3) is 5.78. The van der Waals surface area contributed by atoms with Crippen molar-refractivity contribution in [1.29, 1.82) is 0 Å². The monoisotopic (exact) mass is 512 g/mol. The summed E-state index contributed by atoms with van der Waals surface area (Å²) in [4.78, 5) is 17.2. The molecule has 186 valence electrons. The van der Waals surface area contributed by atoms with E-state index in [0.29, 0.717) is 31.5 Å². The molecule has 2 N–H and O–H groups in total. The average molecular weight is 513 g/mol. The minimum Gasteiger partial charge on any atom is -0.306 e. The van der Waals surface area contributed by atoms with E-state index in [0.717, 1.165) is 9.79 Å². The Morgan fingerprint density at radius 1 is 0.886 bits per heavy atom. The van der Waals surface area contributed by atoms with Crippen LogP contribution in [0.15, 0.2) is 98.4 Å². The number of nitrogens with zero attached hydrogens (tertiary/aromatic N) is 1. The van der Waals surface area contributed by atoms with Crippen LogP contribution in [0.5, 0.6) is 0 Å². The maximum absolute atomic E-state index is 13.7. The Hall–Kier alpha value is -2.65. The molecule has 1 fully saturated rings. The van der Waals surface area contributed by atoms with E-state index < -0.39 is 21.2 Å². The highest BCUT2D eigenvalue weighted by Gasteiger charge is 2.45. The second kappa shape index (κ2) is 11.9. The third-order valence-corrected chi connectivity index (χ3v) is 9.03. The van der Waals surface area contributed by atoms with Gasteiger partial charge in [0.15, 0.2) is 0 Å². The smallest absolute Gasteiger partial charge is 0.254 e. The van der Waals surface area contributed by atoms with Crippen molar-refractivity contribution in [3.63, 3.8) is 0 Å². The van der Waals surface area contributed by atoms with Gasteiger partial charge >= 0.3 is 0 Å². The van der Waals surface area contributed by atoms with Crippen LogP contribution in [0.25, 0.3) is 0 Å². The Kier molecular flexibility index (Phi) is 9.13. The molecule has 1 aliphatic rings. The van der Waals surface area contributed by atoms with Crippen molar-refractivity contribution >= 4 is 27.5 Å². The molecular weight excluding hydrogens is 480 g/mol. The number of amides is 1. The van der Waals surface area contributed by atoms with Gasteiger partial charge in [-0.25, -0.2) is 13.9 Å². The molecule has 0 unspecified atom stereocenters. The first-order valence-electron chi connectivity index (χ1n) is 11.7. The minimum atomic E-state index is -3.89. The van der Waals surface area contributed by atoms with Gasteiger partial charge in [0.2, 0.25) is 9.84 Å². The minimum absolute atomic E-state index is 0.0987. The highest BCUT2D eigenvalue weighted by atomic mass is 32.2. The fourth-order valence-corrected chi connectivity index (χ4v) is 6.66. The second-order valence-electron chi connectivity index (χ2n) is 8.21. The molecule has 1 saturated heterocycles. The van der Waals surface area contributed by atoms with Crippen molar-refractivity contribution in [2.75, 3.05) is 20.1 Å². The molecule has 3 aromatic rings. The molecule has 3 aromatic carbocycles. The van der Waals surface area contributed by atoms with Crippen LogP contribution in [0, 0.1) is 0 Å². The predicted molar refractivity (Wildman–Crippen MR) is 139 cm³/mol. The Balaban J connectivity index is 0.00000167. The fourth-order valence-electron chi connectivity index (χ4n) is 4.26. The zero-order valence-electron chi connectivity index (χ0n) is 20.3. The van der Waals surface area contributed by atoms with Gasteiger partial charge in [0, 0.05) is 9.79 Å². The molecule has 1 heterocycles. The number of carbonyl (C=O) groups is 1. The van der Waals surface area contributed by atoms with Crippen molar-refractivity contribution in [3.05, 3.63) is 84.4 Å². The summed E-state index contributed by atoms with van der Waals surface area (Å²) in [6.07, 6.45) is 0.824. The summed E-state index contributed by atoms with van der Waals surface area (Å²) in [5.74, 6) is -0.576. The highest BCUT2D eigenvalue weighted by molar-refractivity contribution is 7.99. The van der Waals surface area contributed by atoms with E-state index in [9.17, 15) is 18.4 Å². The average Bonchev–Trinajstić information content (AvgIpc) is 2.91. The van der Waals surface area contributed by atoms with Crippen LogP contribution in [0.3, 0.4) is 0 Å². The molecular formula is C27H32N2O4S2. The number of benzene rings is 3. The summed E-state index contributed by atoms with van der Waals surface area (Å²) < 4.78 is 27.3. The van der Waals surface area contributed by atoms with Crippen LogP contribution in [-0.2, 0) is 20.0 Å². The first kappa shape index (κ1) is 26.9. The van der Waals surface area contributed by atoms with Crippen LogP contribution in [0.4, 0.5) is 0 Å². The number of hydrogen-bond donors (Lipinski definition) is 2. The number of rotatable bonds is 6. The van der Waals surface area contributed by atoms with Crippen LogP contribution in [-0.4, -0.2) is 44.6 Å². The largest absolute Gasteiger partial charge is 0.306 e. The molecule has 8 heteroatoms. The maximum atomic E-state index is 13.7. The van der Waals surface area contributed by atoms with E-state index >= 15 is 0 Å². The lowest BCUT2D eigenvalue weighted by atomic mass is 9.72. The van der Waals surface area contributed by atoms with Crippen molar-refractivity contribution in [1.82, 2.24) is 10.4 Å². The SMILES string of the molecule is CC.CN1CCC(C(=O)NO)(c2ccccc2S(=O)(=O)c2ccc(Sc3ccccc3)cc2)CC1. The van der Waals surface area contributed by atoms with Gasteiger partial charge in [-0.1, -0.05) is 62.0 Å². The number of carbonyl (C=O) groups excluding carboxylic acids is 1. The highest BCUT2D eigenvalue weighted by Crippen LogP contribution is 2.40. The molecule has 4 rings (SSSR count). The standard InChI is InChI=1S/C25H26N2O4S2.C2H6/c1-27-17-15-25(16-18-27,24(28)26-29)22-9-5-6-10-23(22)33(30,31)21-13-11-20(12-14-21)32-19-7-3-2-4-8-19;1-2/h2-14,29H,15-18H2,1H3,(H,26,28);1-2H3. The second-order valence-corrected chi connectivity index (χ2v) is 11.3. The van der Waals surface area contributed by atoms with Gasteiger partial charge in [-0.15, -0.1) is 0 Å². The van der Waals surface area contributed by atoms with Gasteiger partial charge in [-0.05, 0) is 81.0 Å². The molecule has 0 aromatic heterocycles. The van der Waals surface area contributed by atoms with Gasteiger partial charge in [0.25, 0.3) is 5.91 Å². The fraction of sp³-hybridized carbons (Fsp3) is 0.296. The Bertz CT molecular complexity index is 1220. The van der Waals surface area contributed by atoms with Crippen molar-refractivity contribution < 1.29 is 18.4 Å². The van der Waals surface area contributed by atoms with Crippen LogP contribution in [0.2, 0.25) is 0 Å². The number of nitrogens with one attached hydrogen (secondary N) is 1. The quantitative estimate of drug-likeness (QED) is 0.350. The van der Waals surface area contributed by atoms with E-state index in [1.54, 1.807) is 65.8 Å². The topological polar surface area (TPSA) is 86.7 Å². The molecule has 6 nitrogen and oxygen atoms in total. The molecule has 0 aliphatic carbocycles. The van der Waals surface area contributed by atoms with Gasteiger partial charge in [-0.2, -0.15) is 0 Å². The first-order chi connectivity index (χ1) is 16.9. The van der Waals surface area contributed by atoms with Crippen molar-refractivity contribution in [2.24, 2.45) is 0 Å². The van der Waals surface area contributed by atoms with Gasteiger partial charge < -0.3 is 4.90 Å². The number of piperidine rings is 1. The molecule has 0 spiro atoms. The van der Waals surface area contributed by atoms with Crippen molar-refractivity contribution in [3.8, 4) is 0 Å². The van der Waals surface area contributed by atoms with E-state index in [1.807, 2.05) is 51.2 Å². The summed E-state index contributed by atoms with van der Waals surface area (Å²) in [7, 11) is -1.93. The van der Waals surface area contributed by atoms with Gasteiger partial charge in [0.1, 0.15) is 0 Å². The normalized spacial score (nSPS) is 15.5. The van der Waals surface area contributed by atoms with E-state index in [-0.39, 0.29) is 9.79 Å². The molecule has 0 saturated carbocycles. The Morgan fingerprint density at radius 3 is 2.03 bits per heavy atom. The third-order valence-electron chi connectivity index (χ3n) is 6.18. The summed E-state index contributed by atoms with van der Waals surface area (Å²) >= 11 is 1.55. The molecule has 0 atom stereocenters. The number of hydrogen-bond acceptors (Lipinski definition) is 6. The summed E-state index contributed by atoms with van der Waals surface area (Å²) in [6, 6.07) is 23.3. The molecule has 35 heavy (non-hydrogen) atoms. The molecule has 1 amide bonds. The zero-order valence-corrected chi connectivity index (χ0v) is 21.9. The molecule has 0 radical (unpaired) electrons. The summed E-state index contributed by atoms with van der Waals surface area (Å²) in [5, 5.41) is 9.48. The van der Waals surface area contributed by atoms with Gasteiger partial charge in [0.05, 0.1) is 15.2 Å². The lowest BCUT2D eigenvalue weighted by molar-refractivity contribution is -0.137. The van der Waals surface area contributed by atoms with Crippen molar-refractivity contribution in [2.45, 2.75) is 51.7 Å². The summed E-state index contributed by atoms with van der Waals surface area (Å²) in [6.45, 7) is 5.24. The Morgan fingerprint density at radius 2 is 1.43 bits per heavy atom. The molecule has 1 aliphatic heterocycles. The van der Waals surface area contributed by atoms with Crippen LogP contribution >= 0.6 is 11.8 Å². The van der Waals surface area contributed by atoms with E-state index in [2.05, 4.69) is 4.90 Å². The number of sulfone groups is 1. The van der Waals surface area contributed by atoms with Crippen LogP contribution < -0.4 is 5.48 Å².